The van der Waals surface area contributed by atoms with E-state index in [0.29, 0.717) is 18.6 Å². The minimum Gasteiger partial charge on any atom is -0.445 e. The van der Waals surface area contributed by atoms with Gasteiger partial charge in [0.2, 0.25) is 0 Å². The Morgan fingerprint density at radius 3 is 3.00 bits per heavy atom. The molecule has 1 aromatic carbocycles. The Kier molecular flexibility index (Phi) is 4.21. The summed E-state index contributed by atoms with van der Waals surface area (Å²) in [5.41, 5.74) is 1.02. The second-order valence-corrected chi connectivity index (χ2v) is 5.59. The number of benzene rings is 1. The van der Waals surface area contributed by atoms with Gasteiger partial charge in [0.1, 0.15) is 6.61 Å². The first-order chi connectivity index (χ1) is 9.83. The molecule has 0 aromatic heterocycles. The van der Waals surface area contributed by atoms with E-state index in [4.69, 9.17) is 9.47 Å². The normalized spacial score (nSPS) is 25.9. The van der Waals surface area contributed by atoms with E-state index in [1.54, 1.807) is 0 Å². The molecule has 2 atom stereocenters. The molecule has 0 aliphatic carbocycles. The van der Waals surface area contributed by atoms with Crippen molar-refractivity contribution in [3.05, 3.63) is 35.9 Å². The van der Waals surface area contributed by atoms with Gasteiger partial charge in [0, 0.05) is 25.6 Å². The van der Waals surface area contributed by atoms with Crippen LogP contribution in [0.2, 0.25) is 0 Å². The maximum Gasteiger partial charge on any atom is 0.410 e. The highest BCUT2D eigenvalue weighted by Crippen LogP contribution is 2.28. The number of carbonyl (C=O) groups excluding carboxylic acids is 1. The molecule has 0 N–H and O–H groups in total. The van der Waals surface area contributed by atoms with Gasteiger partial charge in [-0.25, -0.2) is 4.79 Å². The monoisotopic (exact) mass is 275 g/mol. The number of hydrogen-bond acceptors (Lipinski definition) is 3. The molecule has 2 saturated heterocycles. The molecule has 0 bridgehead atoms. The van der Waals surface area contributed by atoms with Gasteiger partial charge in [-0.05, 0) is 24.8 Å². The van der Waals surface area contributed by atoms with Gasteiger partial charge in [-0.1, -0.05) is 30.3 Å². The first kappa shape index (κ1) is 13.4. The molecular formula is C16H21NO3. The quantitative estimate of drug-likeness (QED) is 0.833. The van der Waals surface area contributed by atoms with Crippen LogP contribution in [0.3, 0.4) is 0 Å². The van der Waals surface area contributed by atoms with Crippen molar-refractivity contribution in [3.8, 4) is 0 Å². The molecule has 2 unspecified atom stereocenters. The molecule has 20 heavy (non-hydrogen) atoms. The minimum absolute atomic E-state index is 0.196. The number of piperidine rings is 1. The SMILES string of the molecule is O=C(OCc1ccccc1)N1CCC2OCCCC2C1. The van der Waals surface area contributed by atoms with Crippen molar-refractivity contribution in [3.63, 3.8) is 0 Å². The number of rotatable bonds is 2. The van der Waals surface area contributed by atoms with E-state index in [2.05, 4.69) is 0 Å². The largest absolute Gasteiger partial charge is 0.445 e. The van der Waals surface area contributed by atoms with Gasteiger partial charge < -0.3 is 14.4 Å². The van der Waals surface area contributed by atoms with Crippen LogP contribution in [0.5, 0.6) is 0 Å². The van der Waals surface area contributed by atoms with E-state index in [0.717, 1.165) is 44.5 Å². The lowest BCUT2D eigenvalue weighted by molar-refractivity contribution is -0.0639. The van der Waals surface area contributed by atoms with Crippen molar-refractivity contribution in [1.29, 1.82) is 0 Å². The van der Waals surface area contributed by atoms with E-state index in [1.807, 2.05) is 35.2 Å². The molecule has 0 radical (unpaired) electrons. The molecule has 2 aliphatic heterocycles. The fourth-order valence-corrected chi connectivity index (χ4v) is 3.06. The van der Waals surface area contributed by atoms with Gasteiger partial charge in [-0.2, -0.15) is 0 Å². The summed E-state index contributed by atoms with van der Waals surface area (Å²) in [7, 11) is 0. The number of likely N-dealkylation sites (tertiary alicyclic amines) is 1. The smallest absolute Gasteiger partial charge is 0.410 e. The van der Waals surface area contributed by atoms with Crippen LogP contribution >= 0.6 is 0 Å². The zero-order valence-corrected chi connectivity index (χ0v) is 11.7. The number of carbonyl (C=O) groups is 1. The minimum atomic E-state index is -0.196. The Morgan fingerprint density at radius 2 is 2.15 bits per heavy atom. The number of fused-ring (bicyclic) bond motifs is 1. The molecule has 1 amide bonds. The van der Waals surface area contributed by atoms with Crippen molar-refractivity contribution >= 4 is 6.09 Å². The third-order valence-corrected chi connectivity index (χ3v) is 4.18. The Labute approximate surface area is 119 Å². The maximum absolute atomic E-state index is 12.1. The number of nitrogens with zero attached hydrogens (tertiary/aromatic N) is 1. The van der Waals surface area contributed by atoms with Crippen LogP contribution < -0.4 is 0 Å². The standard InChI is InChI=1S/C16H21NO3/c18-16(20-12-13-5-2-1-3-6-13)17-9-8-15-14(11-17)7-4-10-19-15/h1-3,5-6,14-15H,4,7-12H2. The van der Waals surface area contributed by atoms with Gasteiger partial charge >= 0.3 is 6.09 Å². The molecule has 4 heteroatoms. The lowest BCUT2D eigenvalue weighted by Crippen LogP contribution is -2.48. The fraction of sp³-hybridized carbons (Fsp3) is 0.562. The summed E-state index contributed by atoms with van der Waals surface area (Å²) >= 11 is 0. The number of ether oxygens (including phenoxy) is 2. The van der Waals surface area contributed by atoms with Crippen molar-refractivity contribution in [2.45, 2.75) is 32.0 Å². The van der Waals surface area contributed by atoms with Crippen LogP contribution in [-0.2, 0) is 16.1 Å². The van der Waals surface area contributed by atoms with E-state index in [9.17, 15) is 4.79 Å². The summed E-state index contributed by atoms with van der Waals surface area (Å²) in [6.45, 7) is 2.74. The molecule has 0 spiro atoms. The summed E-state index contributed by atoms with van der Waals surface area (Å²) < 4.78 is 11.2. The van der Waals surface area contributed by atoms with E-state index in [1.165, 1.54) is 0 Å². The predicted molar refractivity (Wildman–Crippen MR) is 75.3 cm³/mol. The van der Waals surface area contributed by atoms with Gasteiger partial charge in [-0.3, -0.25) is 0 Å². The molecule has 0 saturated carbocycles. The Bertz CT molecular complexity index is 448. The fourth-order valence-electron chi connectivity index (χ4n) is 3.06. The Morgan fingerprint density at radius 1 is 1.30 bits per heavy atom. The van der Waals surface area contributed by atoms with Crippen LogP contribution in [0.25, 0.3) is 0 Å². The average molecular weight is 275 g/mol. The summed E-state index contributed by atoms with van der Waals surface area (Å²) in [6.07, 6.45) is 3.35. The van der Waals surface area contributed by atoms with Crippen LogP contribution in [0, 0.1) is 5.92 Å². The molecule has 2 aliphatic rings. The van der Waals surface area contributed by atoms with Crippen LogP contribution in [0.1, 0.15) is 24.8 Å². The van der Waals surface area contributed by atoms with E-state index in [-0.39, 0.29) is 6.09 Å². The molecule has 1 aromatic rings. The molecule has 4 nitrogen and oxygen atoms in total. The predicted octanol–water partition coefficient (Wildman–Crippen LogP) is 2.82. The second kappa shape index (κ2) is 6.27. The van der Waals surface area contributed by atoms with Gasteiger partial charge in [0.05, 0.1) is 6.10 Å². The summed E-state index contributed by atoms with van der Waals surface area (Å²) in [5, 5.41) is 0. The highest BCUT2D eigenvalue weighted by atomic mass is 16.6. The van der Waals surface area contributed by atoms with E-state index >= 15 is 0 Å². The highest BCUT2D eigenvalue weighted by Gasteiger charge is 2.34. The molecule has 2 heterocycles. The lowest BCUT2D eigenvalue weighted by Gasteiger charge is -2.40. The van der Waals surface area contributed by atoms with Crippen molar-refractivity contribution in [2.75, 3.05) is 19.7 Å². The lowest BCUT2D eigenvalue weighted by atomic mass is 9.89. The summed E-state index contributed by atoms with van der Waals surface area (Å²) in [6, 6.07) is 9.80. The Balaban J connectivity index is 1.50. The second-order valence-electron chi connectivity index (χ2n) is 5.59. The number of amides is 1. The molecule has 2 fully saturated rings. The third-order valence-electron chi connectivity index (χ3n) is 4.18. The van der Waals surface area contributed by atoms with Crippen LogP contribution in [-0.4, -0.2) is 36.8 Å². The van der Waals surface area contributed by atoms with E-state index < -0.39 is 0 Å². The average Bonchev–Trinajstić information content (AvgIpc) is 2.53. The first-order valence-corrected chi connectivity index (χ1v) is 7.40. The number of hydrogen-bond donors (Lipinski definition) is 0. The van der Waals surface area contributed by atoms with Crippen molar-refractivity contribution in [1.82, 2.24) is 4.90 Å². The maximum atomic E-state index is 12.1. The zero-order valence-electron chi connectivity index (χ0n) is 11.7. The van der Waals surface area contributed by atoms with Crippen molar-refractivity contribution < 1.29 is 14.3 Å². The molecular weight excluding hydrogens is 254 g/mol. The third kappa shape index (κ3) is 3.12. The van der Waals surface area contributed by atoms with Gasteiger partial charge in [0.25, 0.3) is 0 Å². The first-order valence-electron chi connectivity index (χ1n) is 7.40. The van der Waals surface area contributed by atoms with Crippen LogP contribution in [0.15, 0.2) is 30.3 Å². The van der Waals surface area contributed by atoms with Gasteiger partial charge in [0.15, 0.2) is 0 Å². The molecule has 108 valence electrons. The Hall–Kier alpha value is -1.55. The highest BCUT2D eigenvalue weighted by molar-refractivity contribution is 5.67. The summed E-state index contributed by atoms with van der Waals surface area (Å²) in [5.74, 6) is 0.488. The molecule has 3 rings (SSSR count). The van der Waals surface area contributed by atoms with Crippen LogP contribution in [0.4, 0.5) is 4.79 Å². The summed E-state index contributed by atoms with van der Waals surface area (Å²) in [4.78, 5) is 13.9. The van der Waals surface area contributed by atoms with Crippen molar-refractivity contribution in [2.24, 2.45) is 5.92 Å². The topological polar surface area (TPSA) is 38.8 Å². The van der Waals surface area contributed by atoms with Gasteiger partial charge in [-0.15, -0.1) is 0 Å². The zero-order chi connectivity index (χ0) is 13.8.